The van der Waals surface area contributed by atoms with Gasteiger partial charge in [0.15, 0.2) is 5.78 Å². The zero-order valence-corrected chi connectivity index (χ0v) is 24.4. The smallest absolute Gasteiger partial charge is 0.162 e. The summed E-state index contributed by atoms with van der Waals surface area (Å²) in [4.78, 5) is 14.0. The van der Waals surface area contributed by atoms with Gasteiger partial charge in [-0.2, -0.15) is 5.10 Å². The molecule has 204 valence electrons. The number of carbonyl (C=O) groups excluding carboxylic acids is 1. The highest BCUT2D eigenvalue weighted by atomic mass is 35.5. The molecule has 2 aliphatic rings. The van der Waals surface area contributed by atoms with Crippen molar-refractivity contribution in [2.24, 2.45) is 5.41 Å². The number of halogens is 2. The Labute approximate surface area is 249 Å². The zero-order valence-electron chi connectivity index (χ0n) is 22.9. The highest BCUT2D eigenvalue weighted by Gasteiger charge is 2.42. The number of aromatic nitrogens is 2. The third-order valence-electron chi connectivity index (χ3n) is 8.23. The number of rotatable bonds is 4. The molecule has 1 aliphatic heterocycles. The molecule has 0 unspecified atom stereocenters. The molecule has 6 heteroatoms. The Morgan fingerprint density at radius 1 is 0.951 bits per heavy atom. The number of carbonyl (C=O) groups is 1. The number of hydrogen-bond acceptors (Lipinski definition) is 3. The predicted molar refractivity (Wildman–Crippen MR) is 168 cm³/mol. The van der Waals surface area contributed by atoms with E-state index in [4.69, 9.17) is 28.3 Å². The molecule has 41 heavy (non-hydrogen) atoms. The van der Waals surface area contributed by atoms with Gasteiger partial charge < -0.3 is 5.32 Å². The lowest BCUT2D eigenvalue weighted by Crippen LogP contribution is -2.33. The Bertz CT molecular complexity index is 1870. The van der Waals surface area contributed by atoms with E-state index in [0.29, 0.717) is 23.0 Å². The van der Waals surface area contributed by atoms with Crippen LogP contribution in [0.2, 0.25) is 10.0 Å². The number of fused-ring (bicyclic) bond motifs is 4. The van der Waals surface area contributed by atoms with Crippen molar-refractivity contribution >= 4 is 51.0 Å². The molecular formula is C35H29Cl2N3O. The minimum Gasteiger partial charge on any atom is -0.373 e. The topological polar surface area (TPSA) is 46.9 Å². The van der Waals surface area contributed by atoms with Crippen molar-refractivity contribution < 1.29 is 4.79 Å². The van der Waals surface area contributed by atoms with E-state index in [2.05, 4.69) is 73.9 Å². The van der Waals surface area contributed by atoms with Crippen molar-refractivity contribution in [2.45, 2.75) is 39.3 Å². The van der Waals surface area contributed by atoms with Gasteiger partial charge in [0.05, 0.1) is 18.3 Å². The molecule has 5 aromatic rings. The molecule has 1 atom stereocenters. The van der Waals surface area contributed by atoms with Crippen LogP contribution in [0.25, 0.3) is 27.6 Å². The van der Waals surface area contributed by atoms with Crippen molar-refractivity contribution in [2.75, 3.05) is 5.32 Å². The van der Waals surface area contributed by atoms with Crippen LogP contribution in [0.1, 0.15) is 49.4 Å². The molecule has 0 spiro atoms. The standard InChI is InChI=1S/C35H29Cl2N3O/c1-35(2)17-26-31-25-11-7-6-8-21(25)13-15-29(31)38-34(32(26)30(41)18-35)27-20-40(19-23-12-14-24(36)16-28(23)37)39-33(27)22-9-4-3-5-10-22/h3-16,20,34,38H,17-19H2,1-2H3/t34-/m0/s1. The summed E-state index contributed by atoms with van der Waals surface area (Å²) in [6.07, 6.45) is 3.41. The first kappa shape index (κ1) is 26.1. The average Bonchev–Trinajstić information content (AvgIpc) is 3.37. The SMILES string of the molecule is CC1(C)CC(=O)C2=C(C1)c1c(ccc3ccccc13)N[C@H]2c1cn(Cc2ccc(Cl)cc2Cl)nc1-c1ccccc1. The largest absolute Gasteiger partial charge is 0.373 e. The minimum atomic E-state index is -0.327. The average molecular weight is 579 g/mol. The molecule has 4 nitrogen and oxygen atoms in total. The second-order valence-electron chi connectivity index (χ2n) is 11.9. The molecule has 0 fully saturated rings. The van der Waals surface area contributed by atoms with Crippen molar-refractivity contribution in [3.63, 3.8) is 0 Å². The summed E-state index contributed by atoms with van der Waals surface area (Å²) in [6.45, 7) is 4.87. The van der Waals surface area contributed by atoms with E-state index in [9.17, 15) is 4.79 Å². The molecule has 0 saturated carbocycles. The van der Waals surface area contributed by atoms with Gasteiger partial charge in [-0.05, 0) is 51.9 Å². The Hall–Kier alpha value is -3.86. The second-order valence-corrected chi connectivity index (χ2v) is 12.7. The monoisotopic (exact) mass is 577 g/mol. The molecule has 1 aromatic heterocycles. The molecule has 0 amide bonds. The maximum absolute atomic E-state index is 14.0. The van der Waals surface area contributed by atoms with E-state index >= 15 is 0 Å². The van der Waals surface area contributed by atoms with Gasteiger partial charge in [-0.25, -0.2) is 0 Å². The fourth-order valence-electron chi connectivity index (χ4n) is 6.44. The molecular weight excluding hydrogens is 549 g/mol. The minimum absolute atomic E-state index is 0.121. The van der Waals surface area contributed by atoms with Crippen molar-refractivity contribution in [3.8, 4) is 11.3 Å². The van der Waals surface area contributed by atoms with E-state index in [1.54, 1.807) is 6.07 Å². The van der Waals surface area contributed by atoms with E-state index in [1.165, 1.54) is 10.8 Å². The van der Waals surface area contributed by atoms with Crippen molar-refractivity contribution in [1.82, 2.24) is 9.78 Å². The summed E-state index contributed by atoms with van der Waals surface area (Å²) in [6, 6.07) is 28.1. The summed E-state index contributed by atoms with van der Waals surface area (Å²) in [5.74, 6) is 0.194. The van der Waals surface area contributed by atoms with Crippen LogP contribution < -0.4 is 5.32 Å². The summed E-state index contributed by atoms with van der Waals surface area (Å²) in [5, 5.41) is 12.4. The van der Waals surface area contributed by atoms with Crippen LogP contribution >= 0.6 is 23.2 Å². The number of hydrogen-bond donors (Lipinski definition) is 1. The third-order valence-corrected chi connectivity index (χ3v) is 8.82. The fraction of sp³-hybridized carbons (Fsp3) is 0.200. The maximum atomic E-state index is 14.0. The molecule has 4 aromatic carbocycles. The van der Waals surface area contributed by atoms with Gasteiger partial charge in [-0.15, -0.1) is 0 Å². The van der Waals surface area contributed by atoms with E-state index in [0.717, 1.165) is 51.2 Å². The van der Waals surface area contributed by atoms with Crippen LogP contribution in [-0.2, 0) is 11.3 Å². The van der Waals surface area contributed by atoms with Crippen LogP contribution in [0.5, 0.6) is 0 Å². The maximum Gasteiger partial charge on any atom is 0.162 e. The normalized spacial score (nSPS) is 17.8. The van der Waals surface area contributed by atoms with Crippen LogP contribution in [0.15, 0.2) is 96.7 Å². The molecule has 0 radical (unpaired) electrons. The highest BCUT2D eigenvalue weighted by molar-refractivity contribution is 6.35. The summed E-state index contributed by atoms with van der Waals surface area (Å²) in [5.41, 5.74) is 7.83. The number of nitrogens with one attached hydrogen (secondary N) is 1. The zero-order chi connectivity index (χ0) is 28.3. The summed E-state index contributed by atoms with van der Waals surface area (Å²) >= 11 is 12.7. The lowest BCUT2D eigenvalue weighted by molar-refractivity contribution is -0.118. The van der Waals surface area contributed by atoms with Crippen LogP contribution in [-0.4, -0.2) is 15.6 Å². The van der Waals surface area contributed by atoms with Gasteiger partial charge in [0.2, 0.25) is 0 Å². The lowest BCUT2D eigenvalue weighted by Gasteiger charge is -2.40. The Morgan fingerprint density at radius 3 is 2.54 bits per heavy atom. The Kier molecular flexibility index (Phi) is 6.29. The van der Waals surface area contributed by atoms with Gasteiger partial charge in [-0.1, -0.05) is 104 Å². The first-order chi connectivity index (χ1) is 19.8. The van der Waals surface area contributed by atoms with Crippen molar-refractivity contribution in [3.05, 3.63) is 123 Å². The number of Topliss-reactive ketones (excluding diaryl/α,β-unsaturated/α-hetero) is 1. The first-order valence-electron chi connectivity index (χ1n) is 13.9. The first-order valence-corrected chi connectivity index (χ1v) is 14.6. The second kappa shape index (κ2) is 9.90. The molecule has 2 heterocycles. The van der Waals surface area contributed by atoms with Gasteiger partial charge in [-0.3, -0.25) is 9.48 Å². The van der Waals surface area contributed by atoms with Gasteiger partial charge in [0.1, 0.15) is 0 Å². The molecule has 1 N–H and O–H groups in total. The number of nitrogens with zero attached hydrogens (tertiary/aromatic N) is 2. The number of ketones is 1. The van der Waals surface area contributed by atoms with Gasteiger partial charge >= 0.3 is 0 Å². The van der Waals surface area contributed by atoms with E-state index < -0.39 is 0 Å². The van der Waals surface area contributed by atoms with Crippen molar-refractivity contribution in [1.29, 1.82) is 0 Å². The van der Waals surface area contributed by atoms with E-state index in [-0.39, 0.29) is 17.2 Å². The third kappa shape index (κ3) is 4.65. The number of benzene rings is 4. The fourth-order valence-corrected chi connectivity index (χ4v) is 6.91. The van der Waals surface area contributed by atoms with Gasteiger partial charge in [0, 0.05) is 50.6 Å². The lowest BCUT2D eigenvalue weighted by atomic mass is 9.67. The van der Waals surface area contributed by atoms with E-state index in [1.807, 2.05) is 35.0 Å². The molecule has 1 aliphatic carbocycles. The summed E-state index contributed by atoms with van der Waals surface area (Å²) < 4.78 is 1.92. The molecule has 0 saturated heterocycles. The Morgan fingerprint density at radius 2 is 1.73 bits per heavy atom. The van der Waals surface area contributed by atoms with Crippen LogP contribution in [0, 0.1) is 5.41 Å². The Balaban J connectivity index is 1.43. The summed E-state index contributed by atoms with van der Waals surface area (Å²) in [7, 11) is 0. The van der Waals surface area contributed by atoms with Crippen LogP contribution in [0.4, 0.5) is 5.69 Å². The highest BCUT2D eigenvalue weighted by Crippen LogP contribution is 2.52. The van der Waals surface area contributed by atoms with Crippen LogP contribution in [0.3, 0.4) is 0 Å². The molecule has 0 bridgehead atoms. The number of allylic oxidation sites excluding steroid dienone is 1. The predicted octanol–water partition coefficient (Wildman–Crippen LogP) is 9.37. The number of anilines is 1. The quantitative estimate of drug-likeness (QED) is 0.231. The van der Waals surface area contributed by atoms with Gasteiger partial charge in [0.25, 0.3) is 0 Å². The molecule has 7 rings (SSSR count).